The minimum atomic E-state index is -1.18. The normalized spacial score (nSPS) is 12.1. The molecule has 1 aromatic carbocycles. The highest BCUT2D eigenvalue weighted by molar-refractivity contribution is 5.74. The SMILES string of the molecule is Cc1ccc2nc(COC(=O)C(O)CCCc3ccccc3)cc(=O)n2c1. The third kappa shape index (κ3) is 5.01. The summed E-state index contributed by atoms with van der Waals surface area (Å²) < 4.78 is 6.56. The van der Waals surface area contributed by atoms with Crippen LogP contribution in [0.5, 0.6) is 0 Å². The molecule has 0 aliphatic heterocycles. The number of esters is 1. The molecule has 0 aliphatic rings. The van der Waals surface area contributed by atoms with Crippen molar-refractivity contribution in [3.05, 3.63) is 81.9 Å². The van der Waals surface area contributed by atoms with Crippen LogP contribution in [0, 0.1) is 6.92 Å². The van der Waals surface area contributed by atoms with Crippen molar-refractivity contribution >= 4 is 11.6 Å². The molecule has 3 rings (SSSR count). The quantitative estimate of drug-likeness (QED) is 0.650. The predicted molar refractivity (Wildman–Crippen MR) is 101 cm³/mol. The van der Waals surface area contributed by atoms with E-state index in [-0.39, 0.29) is 12.2 Å². The molecule has 0 saturated heterocycles. The van der Waals surface area contributed by atoms with Gasteiger partial charge >= 0.3 is 5.97 Å². The highest BCUT2D eigenvalue weighted by atomic mass is 16.5. The number of rotatable bonds is 7. The molecule has 1 atom stereocenters. The molecule has 0 bridgehead atoms. The number of hydrogen-bond acceptors (Lipinski definition) is 5. The molecule has 6 nitrogen and oxygen atoms in total. The standard InChI is InChI=1S/C21H22N2O4/c1-15-10-11-19-22-17(12-20(25)23(19)13-15)14-27-21(26)18(24)9-5-8-16-6-3-2-4-7-16/h2-4,6-7,10-13,18,24H,5,8-9,14H2,1H3. The minimum Gasteiger partial charge on any atom is -0.457 e. The van der Waals surface area contributed by atoms with E-state index in [4.69, 9.17) is 4.74 Å². The molecule has 140 valence electrons. The van der Waals surface area contributed by atoms with Crippen molar-refractivity contribution in [3.8, 4) is 0 Å². The summed E-state index contributed by atoms with van der Waals surface area (Å²) in [6, 6.07) is 14.8. The Kier molecular flexibility index (Phi) is 5.98. The van der Waals surface area contributed by atoms with Crippen molar-refractivity contribution in [2.45, 2.75) is 38.9 Å². The van der Waals surface area contributed by atoms with Gasteiger partial charge in [-0.3, -0.25) is 9.20 Å². The Hall–Kier alpha value is -2.99. The molecule has 0 spiro atoms. The fraction of sp³-hybridized carbons (Fsp3) is 0.286. The maximum atomic E-state index is 12.1. The van der Waals surface area contributed by atoms with Gasteiger partial charge in [0.25, 0.3) is 5.56 Å². The van der Waals surface area contributed by atoms with Gasteiger partial charge in [0.05, 0.1) is 5.69 Å². The van der Waals surface area contributed by atoms with E-state index in [0.717, 1.165) is 17.5 Å². The van der Waals surface area contributed by atoms with Gasteiger partial charge in [0.1, 0.15) is 12.3 Å². The second kappa shape index (κ2) is 8.60. The Balaban J connectivity index is 1.53. The van der Waals surface area contributed by atoms with Crippen LogP contribution in [0.1, 0.15) is 29.7 Å². The molecular weight excluding hydrogens is 344 g/mol. The molecule has 2 aromatic heterocycles. The Bertz CT molecular complexity index is 982. The maximum Gasteiger partial charge on any atom is 0.335 e. The van der Waals surface area contributed by atoms with E-state index in [0.29, 0.717) is 24.2 Å². The van der Waals surface area contributed by atoms with Crippen molar-refractivity contribution < 1.29 is 14.6 Å². The number of aryl methyl sites for hydroxylation is 2. The van der Waals surface area contributed by atoms with Crippen LogP contribution in [0.4, 0.5) is 0 Å². The van der Waals surface area contributed by atoms with E-state index >= 15 is 0 Å². The van der Waals surface area contributed by atoms with Crippen molar-refractivity contribution in [2.75, 3.05) is 0 Å². The number of aliphatic hydroxyl groups excluding tert-OH is 1. The number of ether oxygens (including phenoxy) is 1. The third-order valence-electron chi connectivity index (χ3n) is 4.28. The van der Waals surface area contributed by atoms with Gasteiger partial charge in [-0.15, -0.1) is 0 Å². The summed E-state index contributed by atoms with van der Waals surface area (Å²) in [6.45, 7) is 1.74. The number of carbonyl (C=O) groups is 1. The van der Waals surface area contributed by atoms with Gasteiger partial charge in [0.15, 0.2) is 6.10 Å². The topological polar surface area (TPSA) is 80.9 Å². The van der Waals surface area contributed by atoms with Gasteiger partial charge in [-0.1, -0.05) is 36.4 Å². The number of fused-ring (bicyclic) bond motifs is 1. The van der Waals surface area contributed by atoms with Gasteiger partial charge in [0.2, 0.25) is 0 Å². The fourth-order valence-electron chi connectivity index (χ4n) is 2.84. The molecular formula is C21H22N2O4. The molecule has 6 heteroatoms. The average Bonchev–Trinajstić information content (AvgIpc) is 2.67. The van der Waals surface area contributed by atoms with Gasteiger partial charge in [-0.2, -0.15) is 0 Å². The fourth-order valence-corrected chi connectivity index (χ4v) is 2.84. The molecule has 0 fully saturated rings. The van der Waals surface area contributed by atoms with E-state index in [9.17, 15) is 14.7 Å². The molecule has 27 heavy (non-hydrogen) atoms. The lowest BCUT2D eigenvalue weighted by molar-refractivity contribution is -0.155. The smallest absolute Gasteiger partial charge is 0.335 e. The van der Waals surface area contributed by atoms with Crippen LogP contribution in [-0.2, 0) is 22.6 Å². The number of nitrogens with zero attached hydrogens (tertiary/aromatic N) is 2. The second-order valence-corrected chi connectivity index (χ2v) is 6.52. The summed E-state index contributed by atoms with van der Waals surface area (Å²) in [5, 5.41) is 9.97. The monoisotopic (exact) mass is 366 g/mol. The molecule has 3 aromatic rings. The van der Waals surface area contributed by atoms with Crippen LogP contribution in [-0.4, -0.2) is 26.6 Å². The summed E-state index contributed by atoms with van der Waals surface area (Å²) in [5.41, 5.74) is 2.72. The summed E-state index contributed by atoms with van der Waals surface area (Å²) in [4.78, 5) is 28.4. The van der Waals surface area contributed by atoms with Crippen LogP contribution in [0.2, 0.25) is 0 Å². The third-order valence-corrected chi connectivity index (χ3v) is 4.28. The largest absolute Gasteiger partial charge is 0.457 e. The minimum absolute atomic E-state index is 0.145. The van der Waals surface area contributed by atoms with E-state index in [1.54, 1.807) is 12.3 Å². The van der Waals surface area contributed by atoms with Crippen LogP contribution in [0.15, 0.2) is 59.5 Å². The summed E-state index contributed by atoms with van der Waals surface area (Å²) >= 11 is 0. The molecule has 0 saturated carbocycles. The number of pyridine rings is 1. The van der Waals surface area contributed by atoms with E-state index in [2.05, 4.69) is 4.98 Å². The lowest BCUT2D eigenvalue weighted by Crippen LogP contribution is -2.24. The first-order valence-corrected chi connectivity index (χ1v) is 8.90. The van der Waals surface area contributed by atoms with E-state index in [1.807, 2.05) is 43.3 Å². The Morgan fingerprint density at radius 2 is 2.00 bits per heavy atom. The number of carbonyl (C=O) groups excluding carboxylic acids is 1. The van der Waals surface area contributed by atoms with E-state index < -0.39 is 12.1 Å². The van der Waals surface area contributed by atoms with Crippen LogP contribution in [0.3, 0.4) is 0 Å². The first kappa shape index (κ1) is 18.8. The Morgan fingerprint density at radius 1 is 1.22 bits per heavy atom. The highest BCUT2D eigenvalue weighted by Crippen LogP contribution is 2.09. The number of hydrogen-bond donors (Lipinski definition) is 1. The van der Waals surface area contributed by atoms with Crippen molar-refractivity contribution in [2.24, 2.45) is 0 Å². The molecule has 1 unspecified atom stereocenters. The molecule has 2 heterocycles. The van der Waals surface area contributed by atoms with Crippen molar-refractivity contribution in [1.82, 2.24) is 9.38 Å². The lowest BCUT2D eigenvalue weighted by atomic mass is 10.1. The van der Waals surface area contributed by atoms with Crippen molar-refractivity contribution in [1.29, 1.82) is 0 Å². The maximum absolute atomic E-state index is 12.1. The first-order valence-electron chi connectivity index (χ1n) is 8.90. The number of aromatic nitrogens is 2. The van der Waals surface area contributed by atoms with Gasteiger partial charge in [0, 0.05) is 12.3 Å². The summed E-state index contributed by atoms with van der Waals surface area (Å²) in [5.74, 6) is -0.700. The van der Waals surface area contributed by atoms with Crippen LogP contribution in [0.25, 0.3) is 5.65 Å². The molecule has 0 radical (unpaired) electrons. The van der Waals surface area contributed by atoms with Crippen molar-refractivity contribution in [3.63, 3.8) is 0 Å². The van der Waals surface area contributed by atoms with Gasteiger partial charge < -0.3 is 9.84 Å². The summed E-state index contributed by atoms with van der Waals surface area (Å²) in [7, 11) is 0. The molecule has 1 N–H and O–H groups in total. The second-order valence-electron chi connectivity index (χ2n) is 6.52. The zero-order valence-electron chi connectivity index (χ0n) is 15.2. The van der Waals surface area contributed by atoms with Gasteiger partial charge in [-0.25, -0.2) is 9.78 Å². The average molecular weight is 366 g/mol. The lowest BCUT2D eigenvalue weighted by Gasteiger charge is -2.11. The predicted octanol–water partition coefficient (Wildman–Crippen LogP) is 2.43. The number of aliphatic hydroxyl groups is 1. The van der Waals surface area contributed by atoms with E-state index in [1.165, 1.54) is 10.5 Å². The zero-order chi connectivity index (χ0) is 19.2. The summed E-state index contributed by atoms with van der Waals surface area (Å²) in [6.07, 6.45) is 2.30. The van der Waals surface area contributed by atoms with Crippen LogP contribution >= 0.6 is 0 Å². The Labute approximate surface area is 157 Å². The highest BCUT2D eigenvalue weighted by Gasteiger charge is 2.17. The van der Waals surface area contributed by atoms with Crippen LogP contribution < -0.4 is 5.56 Å². The zero-order valence-corrected chi connectivity index (χ0v) is 15.2. The number of benzene rings is 1. The molecule has 0 aliphatic carbocycles. The molecule has 0 amide bonds. The Morgan fingerprint density at radius 3 is 2.78 bits per heavy atom. The first-order chi connectivity index (χ1) is 13.0. The van der Waals surface area contributed by atoms with Gasteiger partial charge in [-0.05, 0) is 43.4 Å².